The number of esters is 1. The molecule has 0 atom stereocenters. The maximum Gasteiger partial charge on any atom is 0.340 e. The van der Waals surface area contributed by atoms with Crippen LogP contribution in [0.25, 0.3) is 0 Å². The number of nitrogen functional groups attached to an aromatic ring is 1. The summed E-state index contributed by atoms with van der Waals surface area (Å²) in [5.74, 6) is -1.35. The van der Waals surface area contributed by atoms with E-state index in [4.69, 9.17) is 5.73 Å². The summed E-state index contributed by atoms with van der Waals surface area (Å²) in [6, 6.07) is 3.74. The minimum atomic E-state index is -0.722. The number of hydrogen-bond donors (Lipinski definition) is 1. The number of anilines is 1. The summed E-state index contributed by atoms with van der Waals surface area (Å²) in [4.78, 5) is 10.9. The fourth-order valence-corrected chi connectivity index (χ4v) is 16.5. The van der Waals surface area contributed by atoms with E-state index in [-0.39, 0.29) is 5.56 Å². The van der Waals surface area contributed by atoms with E-state index >= 15 is 0 Å². The number of ether oxygens (including phenoxy) is 1. The molecule has 4 heteroatoms. The lowest BCUT2D eigenvalue weighted by atomic mass is 10.0. The molecular formula is C100H194FNO2. The standard InChI is InChI=1S/C92H186.C8H8FNO2/c1-3-5-7-9-11-13-15-17-19-21-23-25-27-29-31-33-35-37-39-41-43-45-47-49-51-53-55-57-59-61-63-65-67-69-71-73-75-77-79-81-83-85-87-89-91-92-90-88-86-84-82-80-78-76-74-72-70-68-66-64-62-60-58-56-54-52-50-48-46-44-42-40-38-36-34-32-30-28-26-24-22-20-18-16-14-12-10-8-6-4-2;1-12-8(11)6-4-5(10)2-3-7(6)9/h3-92H2,1-2H3;2-4H,10H2,1H3. The molecule has 0 aliphatic carbocycles. The molecule has 0 fully saturated rings. The summed E-state index contributed by atoms with van der Waals surface area (Å²) in [7, 11) is 1.19. The second kappa shape index (κ2) is 93.8. The minimum absolute atomic E-state index is 0.141. The molecule has 0 spiro atoms. The highest BCUT2D eigenvalue weighted by Gasteiger charge is 2.12. The molecule has 618 valence electrons. The van der Waals surface area contributed by atoms with Gasteiger partial charge in [0.25, 0.3) is 0 Å². The van der Waals surface area contributed by atoms with Crippen molar-refractivity contribution in [3.05, 3.63) is 29.6 Å². The average Bonchev–Trinajstić information content (AvgIpc) is 0.877. The largest absolute Gasteiger partial charge is 0.465 e. The van der Waals surface area contributed by atoms with Crippen molar-refractivity contribution in [2.45, 2.75) is 592 Å². The number of halogens is 1. The molecule has 0 saturated carbocycles. The Labute approximate surface area is 656 Å². The van der Waals surface area contributed by atoms with Crippen LogP contribution in [0.15, 0.2) is 18.2 Å². The third-order valence-electron chi connectivity index (χ3n) is 23.9. The fourth-order valence-electron chi connectivity index (χ4n) is 16.5. The Morgan fingerprint density at radius 3 is 0.423 bits per heavy atom. The number of carbonyl (C=O) groups excluding carboxylic acids is 1. The van der Waals surface area contributed by atoms with Gasteiger partial charge in [0.1, 0.15) is 5.82 Å². The maximum absolute atomic E-state index is 12.9. The number of methoxy groups -OCH3 is 1. The van der Waals surface area contributed by atoms with Gasteiger partial charge in [0.2, 0.25) is 0 Å². The first-order valence-electron chi connectivity index (χ1n) is 49.2. The molecule has 104 heavy (non-hydrogen) atoms. The lowest BCUT2D eigenvalue weighted by Gasteiger charge is -2.05. The summed E-state index contributed by atoms with van der Waals surface area (Å²) >= 11 is 0. The van der Waals surface area contributed by atoms with Gasteiger partial charge in [-0.15, -0.1) is 0 Å². The van der Waals surface area contributed by atoms with Gasteiger partial charge in [-0.25, -0.2) is 9.18 Å². The van der Waals surface area contributed by atoms with Crippen LogP contribution < -0.4 is 5.73 Å². The highest BCUT2D eigenvalue weighted by atomic mass is 19.1. The molecule has 0 unspecified atom stereocenters. The van der Waals surface area contributed by atoms with Crippen molar-refractivity contribution in [2.75, 3.05) is 12.8 Å². The van der Waals surface area contributed by atoms with Crippen molar-refractivity contribution in [3.8, 4) is 0 Å². The van der Waals surface area contributed by atoms with Gasteiger partial charge in [-0.05, 0) is 18.2 Å². The lowest BCUT2D eigenvalue weighted by molar-refractivity contribution is 0.0595. The van der Waals surface area contributed by atoms with Crippen LogP contribution in [0.1, 0.15) is 602 Å². The predicted molar refractivity (Wildman–Crippen MR) is 469 cm³/mol. The van der Waals surface area contributed by atoms with E-state index < -0.39 is 11.8 Å². The third-order valence-corrected chi connectivity index (χ3v) is 23.9. The molecule has 0 bridgehead atoms. The summed E-state index contributed by atoms with van der Waals surface area (Å²) < 4.78 is 17.2. The average molecular weight is 1460 g/mol. The van der Waals surface area contributed by atoms with Gasteiger partial charge in [0, 0.05) is 5.69 Å². The van der Waals surface area contributed by atoms with Crippen molar-refractivity contribution in [3.63, 3.8) is 0 Å². The number of hydrogen-bond acceptors (Lipinski definition) is 3. The van der Waals surface area contributed by atoms with E-state index in [1.807, 2.05) is 0 Å². The predicted octanol–water partition coefficient (Wildman–Crippen LogP) is 37.3. The summed E-state index contributed by atoms with van der Waals surface area (Å²) in [6.07, 6.45) is 134. The zero-order valence-electron chi connectivity index (χ0n) is 72.1. The van der Waals surface area contributed by atoms with Crippen molar-refractivity contribution in [1.29, 1.82) is 0 Å². The Morgan fingerprint density at radius 1 is 0.221 bits per heavy atom. The van der Waals surface area contributed by atoms with Crippen LogP contribution in [-0.4, -0.2) is 13.1 Å². The van der Waals surface area contributed by atoms with Crippen LogP contribution in [-0.2, 0) is 4.74 Å². The molecule has 1 aromatic rings. The number of unbranched alkanes of at least 4 members (excludes halogenated alkanes) is 89. The lowest BCUT2D eigenvalue weighted by Crippen LogP contribution is -2.04. The first-order valence-corrected chi connectivity index (χ1v) is 49.2. The Morgan fingerprint density at radius 2 is 0.327 bits per heavy atom. The zero-order chi connectivity index (χ0) is 74.8. The smallest absolute Gasteiger partial charge is 0.340 e. The molecule has 0 radical (unpaired) electrons. The van der Waals surface area contributed by atoms with Gasteiger partial charge in [-0.1, -0.05) is 592 Å². The molecular weight excluding hydrogens is 1270 g/mol. The van der Waals surface area contributed by atoms with Gasteiger partial charge in [-0.2, -0.15) is 0 Å². The topological polar surface area (TPSA) is 52.3 Å². The quantitative estimate of drug-likeness (QED) is 0.0402. The summed E-state index contributed by atoms with van der Waals surface area (Å²) in [6.45, 7) is 4.63. The molecule has 0 aromatic heterocycles. The number of nitrogens with two attached hydrogens (primary N) is 1. The Bertz CT molecular complexity index is 1610. The zero-order valence-corrected chi connectivity index (χ0v) is 72.1. The van der Waals surface area contributed by atoms with E-state index in [1.165, 1.54) is 597 Å². The molecule has 1 aromatic carbocycles. The second-order valence-corrected chi connectivity index (χ2v) is 34.3. The highest BCUT2D eigenvalue weighted by Crippen LogP contribution is 2.24. The normalized spacial score (nSPS) is 11.5. The second-order valence-electron chi connectivity index (χ2n) is 34.3. The molecule has 0 amide bonds. The minimum Gasteiger partial charge on any atom is -0.465 e. The van der Waals surface area contributed by atoms with E-state index in [0.717, 1.165) is 6.07 Å². The number of carbonyl (C=O) groups is 1. The summed E-state index contributed by atoms with van der Waals surface area (Å²) in [5, 5.41) is 0. The van der Waals surface area contributed by atoms with Crippen LogP contribution in [0.4, 0.5) is 10.1 Å². The third kappa shape index (κ3) is 87.6. The van der Waals surface area contributed by atoms with Gasteiger partial charge in [0.05, 0.1) is 12.7 Å². The first-order chi connectivity index (χ1) is 51.6. The first kappa shape index (κ1) is 102. The van der Waals surface area contributed by atoms with Gasteiger partial charge in [-0.3, -0.25) is 0 Å². The monoisotopic (exact) mass is 1460 g/mol. The SMILES string of the molecule is CCCCCCCCCCCCCCCCCCCCCCCCCCCCCCCCCCCCCCCCCCCCCCCCCCCCCCCCCCCCCCCCCCCCCCCCCCCCCCCCCCCCCCCCCCCC.COC(=O)c1cc(N)ccc1F. The molecule has 0 aliphatic heterocycles. The van der Waals surface area contributed by atoms with Crippen molar-refractivity contribution in [1.82, 2.24) is 0 Å². The van der Waals surface area contributed by atoms with Crippen molar-refractivity contribution < 1.29 is 13.9 Å². The molecule has 3 nitrogen and oxygen atoms in total. The molecule has 0 heterocycles. The van der Waals surface area contributed by atoms with Crippen LogP contribution in [0.5, 0.6) is 0 Å². The van der Waals surface area contributed by atoms with E-state index in [1.54, 1.807) is 0 Å². The number of rotatable bonds is 90. The van der Waals surface area contributed by atoms with E-state index in [9.17, 15) is 9.18 Å². The Kier molecular flexibility index (Phi) is 92.4. The van der Waals surface area contributed by atoms with Crippen molar-refractivity contribution >= 4 is 11.7 Å². The van der Waals surface area contributed by atoms with Crippen LogP contribution >= 0.6 is 0 Å². The molecule has 1 rings (SSSR count). The van der Waals surface area contributed by atoms with E-state index in [0.29, 0.717) is 5.69 Å². The number of benzene rings is 1. The Hall–Kier alpha value is -1.58. The molecule has 0 saturated heterocycles. The molecule has 2 N–H and O–H groups in total. The fraction of sp³-hybridized carbons (Fsp3) is 0.930. The van der Waals surface area contributed by atoms with Gasteiger partial charge >= 0.3 is 5.97 Å². The van der Waals surface area contributed by atoms with Crippen molar-refractivity contribution in [2.24, 2.45) is 0 Å². The van der Waals surface area contributed by atoms with Crippen LogP contribution in [0.3, 0.4) is 0 Å². The van der Waals surface area contributed by atoms with Crippen LogP contribution in [0.2, 0.25) is 0 Å². The van der Waals surface area contributed by atoms with Crippen LogP contribution in [0, 0.1) is 5.82 Å². The van der Waals surface area contributed by atoms with E-state index in [2.05, 4.69) is 18.6 Å². The van der Waals surface area contributed by atoms with Gasteiger partial charge in [0.15, 0.2) is 0 Å². The highest BCUT2D eigenvalue weighted by molar-refractivity contribution is 5.90. The molecule has 0 aliphatic rings. The summed E-state index contributed by atoms with van der Waals surface area (Å²) in [5.41, 5.74) is 5.53. The van der Waals surface area contributed by atoms with Gasteiger partial charge < -0.3 is 10.5 Å². The Balaban J connectivity index is 0.00000795. The maximum atomic E-state index is 12.9.